The summed E-state index contributed by atoms with van der Waals surface area (Å²) in [6.45, 7) is 6.30. The number of carbonyl (C=O) groups is 1. The molecular formula is C13H24O5. The number of esters is 1. The Bertz CT molecular complexity index is 266. The van der Waals surface area contributed by atoms with E-state index >= 15 is 0 Å². The lowest BCUT2D eigenvalue weighted by molar-refractivity contribution is -0.172. The van der Waals surface area contributed by atoms with E-state index in [1.807, 2.05) is 20.8 Å². The standard InChI is InChI=1S/C13H24O5/c1-8(2)6-9(3)13(16)18-7-11-12(15)10(14)4-5-17-11/h8-12,14-15H,4-7H2,1-3H3. The van der Waals surface area contributed by atoms with Gasteiger partial charge in [-0.15, -0.1) is 0 Å². The van der Waals surface area contributed by atoms with Crippen LogP contribution < -0.4 is 0 Å². The minimum Gasteiger partial charge on any atom is -0.463 e. The second kappa shape index (κ2) is 7.07. The van der Waals surface area contributed by atoms with Gasteiger partial charge in [-0.1, -0.05) is 20.8 Å². The van der Waals surface area contributed by atoms with Crippen molar-refractivity contribution < 1.29 is 24.5 Å². The van der Waals surface area contributed by atoms with Gasteiger partial charge in [0, 0.05) is 6.61 Å². The number of aliphatic hydroxyl groups is 2. The summed E-state index contributed by atoms with van der Waals surface area (Å²) in [5, 5.41) is 19.1. The van der Waals surface area contributed by atoms with E-state index in [4.69, 9.17) is 9.47 Å². The number of hydrogen-bond acceptors (Lipinski definition) is 5. The highest BCUT2D eigenvalue weighted by Crippen LogP contribution is 2.17. The maximum atomic E-state index is 11.7. The molecule has 5 nitrogen and oxygen atoms in total. The molecule has 0 spiro atoms. The van der Waals surface area contributed by atoms with Gasteiger partial charge in [0.15, 0.2) is 0 Å². The number of hydrogen-bond donors (Lipinski definition) is 2. The Morgan fingerprint density at radius 1 is 1.39 bits per heavy atom. The van der Waals surface area contributed by atoms with Crippen LogP contribution in [0.2, 0.25) is 0 Å². The molecule has 4 unspecified atom stereocenters. The maximum Gasteiger partial charge on any atom is 0.308 e. The van der Waals surface area contributed by atoms with Gasteiger partial charge < -0.3 is 19.7 Å². The third kappa shape index (κ3) is 4.55. The quantitative estimate of drug-likeness (QED) is 0.712. The summed E-state index contributed by atoms with van der Waals surface area (Å²) >= 11 is 0. The fraction of sp³-hybridized carbons (Fsp3) is 0.923. The highest BCUT2D eigenvalue weighted by atomic mass is 16.6. The van der Waals surface area contributed by atoms with Gasteiger partial charge in [-0.05, 0) is 18.8 Å². The van der Waals surface area contributed by atoms with E-state index in [-0.39, 0.29) is 18.5 Å². The molecule has 0 aliphatic carbocycles. The summed E-state index contributed by atoms with van der Waals surface area (Å²) in [4.78, 5) is 11.7. The zero-order valence-electron chi connectivity index (χ0n) is 11.3. The zero-order valence-corrected chi connectivity index (χ0v) is 11.3. The summed E-state index contributed by atoms with van der Waals surface area (Å²) in [7, 11) is 0. The lowest BCUT2D eigenvalue weighted by Gasteiger charge is -2.31. The van der Waals surface area contributed by atoms with E-state index < -0.39 is 18.3 Å². The van der Waals surface area contributed by atoms with E-state index in [0.29, 0.717) is 18.9 Å². The normalized spacial score (nSPS) is 30.2. The third-order valence-corrected chi connectivity index (χ3v) is 3.14. The van der Waals surface area contributed by atoms with Crippen LogP contribution in [-0.4, -0.2) is 47.7 Å². The molecule has 106 valence electrons. The van der Waals surface area contributed by atoms with Crippen molar-refractivity contribution in [2.45, 2.75) is 51.9 Å². The first-order valence-electron chi connectivity index (χ1n) is 6.56. The molecule has 1 heterocycles. The largest absolute Gasteiger partial charge is 0.463 e. The van der Waals surface area contributed by atoms with Crippen molar-refractivity contribution in [2.75, 3.05) is 13.2 Å². The molecule has 5 heteroatoms. The summed E-state index contributed by atoms with van der Waals surface area (Å²) in [6, 6.07) is 0. The molecule has 0 radical (unpaired) electrons. The van der Waals surface area contributed by atoms with E-state index in [0.717, 1.165) is 6.42 Å². The monoisotopic (exact) mass is 260 g/mol. The summed E-state index contributed by atoms with van der Waals surface area (Å²) in [5.41, 5.74) is 0. The van der Waals surface area contributed by atoms with Gasteiger partial charge in [0.1, 0.15) is 18.8 Å². The number of carbonyl (C=O) groups excluding carboxylic acids is 1. The van der Waals surface area contributed by atoms with Gasteiger partial charge >= 0.3 is 5.97 Å². The average molecular weight is 260 g/mol. The Balaban J connectivity index is 2.33. The Hall–Kier alpha value is -0.650. The second-order valence-corrected chi connectivity index (χ2v) is 5.42. The van der Waals surface area contributed by atoms with Crippen LogP contribution in [0.3, 0.4) is 0 Å². The van der Waals surface area contributed by atoms with Crippen molar-refractivity contribution in [3.05, 3.63) is 0 Å². The first-order chi connectivity index (χ1) is 8.41. The van der Waals surface area contributed by atoms with Gasteiger partial charge in [-0.25, -0.2) is 0 Å². The lowest BCUT2D eigenvalue weighted by Crippen LogP contribution is -2.47. The molecule has 0 aromatic carbocycles. The molecule has 1 aliphatic rings. The van der Waals surface area contributed by atoms with Crippen molar-refractivity contribution in [1.82, 2.24) is 0 Å². The highest BCUT2D eigenvalue weighted by Gasteiger charge is 2.32. The van der Waals surface area contributed by atoms with Crippen molar-refractivity contribution in [1.29, 1.82) is 0 Å². The van der Waals surface area contributed by atoms with Crippen LogP contribution in [0, 0.1) is 11.8 Å². The third-order valence-electron chi connectivity index (χ3n) is 3.14. The Labute approximate surface area is 108 Å². The molecule has 18 heavy (non-hydrogen) atoms. The van der Waals surface area contributed by atoms with Gasteiger partial charge in [-0.2, -0.15) is 0 Å². The molecule has 0 bridgehead atoms. The van der Waals surface area contributed by atoms with E-state index in [2.05, 4.69) is 0 Å². The summed E-state index contributed by atoms with van der Waals surface area (Å²) in [6.07, 6.45) is -1.21. The Morgan fingerprint density at radius 2 is 2.06 bits per heavy atom. The average Bonchev–Trinajstić information content (AvgIpc) is 2.29. The van der Waals surface area contributed by atoms with Crippen molar-refractivity contribution in [2.24, 2.45) is 11.8 Å². The minimum atomic E-state index is -0.980. The molecule has 1 fully saturated rings. The number of ether oxygens (including phenoxy) is 2. The fourth-order valence-electron chi connectivity index (χ4n) is 2.11. The van der Waals surface area contributed by atoms with Crippen LogP contribution in [0.15, 0.2) is 0 Å². The van der Waals surface area contributed by atoms with Crippen molar-refractivity contribution in [3.8, 4) is 0 Å². The van der Waals surface area contributed by atoms with Crippen LogP contribution in [0.25, 0.3) is 0 Å². The summed E-state index contributed by atoms with van der Waals surface area (Å²) < 4.78 is 10.4. The number of rotatable bonds is 5. The van der Waals surface area contributed by atoms with Gasteiger partial charge in [0.25, 0.3) is 0 Å². The van der Waals surface area contributed by atoms with E-state index in [1.165, 1.54) is 0 Å². The lowest BCUT2D eigenvalue weighted by atomic mass is 9.99. The highest BCUT2D eigenvalue weighted by molar-refractivity contribution is 5.71. The number of aliphatic hydroxyl groups excluding tert-OH is 2. The molecule has 1 aliphatic heterocycles. The van der Waals surface area contributed by atoms with E-state index in [9.17, 15) is 15.0 Å². The van der Waals surface area contributed by atoms with Gasteiger partial charge in [-0.3, -0.25) is 4.79 Å². The topological polar surface area (TPSA) is 76.0 Å². The van der Waals surface area contributed by atoms with Crippen LogP contribution in [0.1, 0.15) is 33.6 Å². The molecule has 0 amide bonds. The molecular weight excluding hydrogens is 236 g/mol. The molecule has 0 saturated carbocycles. The van der Waals surface area contributed by atoms with Crippen LogP contribution >= 0.6 is 0 Å². The van der Waals surface area contributed by atoms with E-state index in [1.54, 1.807) is 0 Å². The molecule has 0 aromatic rings. The van der Waals surface area contributed by atoms with Gasteiger partial charge in [0.2, 0.25) is 0 Å². The van der Waals surface area contributed by atoms with Gasteiger partial charge in [0.05, 0.1) is 12.0 Å². The zero-order chi connectivity index (χ0) is 13.7. The maximum absolute atomic E-state index is 11.7. The molecule has 4 atom stereocenters. The molecule has 2 N–H and O–H groups in total. The Morgan fingerprint density at radius 3 is 2.67 bits per heavy atom. The fourth-order valence-corrected chi connectivity index (χ4v) is 2.11. The predicted molar refractivity (Wildman–Crippen MR) is 65.9 cm³/mol. The molecule has 1 rings (SSSR count). The van der Waals surface area contributed by atoms with Crippen LogP contribution in [-0.2, 0) is 14.3 Å². The minimum absolute atomic E-state index is 0.000501. The predicted octanol–water partition coefficient (Wildman–Crippen LogP) is 0.723. The smallest absolute Gasteiger partial charge is 0.308 e. The molecule has 1 saturated heterocycles. The Kier molecular flexibility index (Phi) is 6.05. The molecule has 0 aromatic heterocycles. The SMILES string of the molecule is CC(C)CC(C)C(=O)OCC1OCCC(O)C1O. The van der Waals surface area contributed by atoms with Crippen molar-refractivity contribution >= 4 is 5.97 Å². The summed E-state index contributed by atoms with van der Waals surface area (Å²) in [5.74, 6) is 0.00103. The first kappa shape index (κ1) is 15.4. The van der Waals surface area contributed by atoms with Crippen LogP contribution in [0.5, 0.6) is 0 Å². The first-order valence-corrected chi connectivity index (χ1v) is 6.56. The van der Waals surface area contributed by atoms with Crippen LogP contribution in [0.4, 0.5) is 0 Å². The van der Waals surface area contributed by atoms with Crippen molar-refractivity contribution in [3.63, 3.8) is 0 Å². The second-order valence-electron chi connectivity index (χ2n) is 5.42.